The molecular weight excluding hydrogens is 381 g/mol. The molecule has 0 atom stereocenters. The summed E-state index contributed by atoms with van der Waals surface area (Å²) in [7, 11) is 0. The maximum Gasteiger partial charge on any atom is 0.191 e. The summed E-state index contributed by atoms with van der Waals surface area (Å²) in [5.74, 6) is 1.49. The summed E-state index contributed by atoms with van der Waals surface area (Å²) in [6.07, 6.45) is 1.82. The van der Waals surface area contributed by atoms with Gasteiger partial charge in [0, 0.05) is 43.4 Å². The lowest BCUT2D eigenvalue weighted by Gasteiger charge is -2.29. The van der Waals surface area contributed by atoms with E-state index in [1.807, 2.05) is 25.3 Å². The van der Waals surface area contributed by atoms with Crippen LogP contribution in [0.5, 0.6) is 0 Å². The number of pyridine rings is 1. The van der Waals surface area contributed by atoms with Crippen molar-refractivity contribution in [3.05, 3.63) is 59.5 Å². The summed E-state index contributed by atoms with van der Waals surface area (Å²) in [5.41, 5.74) is 1.79. The second-order valence-electron chi connectivity index (χ2n) is 8.03. The van der Waals surface area contributed by atoms with Crippen LogP contribution in [0.1, 0.15) is 31.9 Å². The molecular formula is C23H32FN5O. The van der Waals surface area contributed by atoms with E-state index < -0.39 is 0 Å². The predicted octanol–water partition coefficient (Wildman–Crippen LogP) is 3.09. The summed E-state index contributed by atoms with van der Waals surface area (Å²) in [5, 5.41) is 6.71. The van der Waals surface area contributed by atoms with Crippen molar-refractivity contribution >= 4 is 11.8 Å². The van der Waals surface area contributed by atoms with Crippen LogP contribution in [-0.4, -0.2) is 50.3 Å². The van der Waals surface area contributed by atoms with Crippen molar-refractivity contribution in [1.29, 1.82) is 0 Å². The Bertz CT molecular complexity index is 849. The average Bonchev–Trinajstić information content (AvgIpc) is 2.76. The maximum atomic E-state index is 13.6. The van der Waals surface area contributed by atoms with Crippen molar-refractivity contribution in [3.8, 4) is 0 Å². The van der Waals surface area contributed by atoms with Gasteiger partial charge in [-0.3, -0.25) is 0 Å². The van der Waals surface area contributed by atoms with Gasteiger partial charge < -0.3 is 20.3 Å². The fourth-order valence-electron chi connectivity index (χ4n) is 3.44. The highest BCUT2D eigenvalue weighted by Crippen LogP contribution is 2.23. The summed E-state index contributed by atoms with van der Waals surface area (Å²) < 4.78 is 19.1. The van der Waals surface area contributed by atoms with Crippen LogP contribution in [0.4, 0.5) is 10.2 Å². The van der Waals surface area contributed by atoms with E-state index in [0.717, 1.165) is 55.8 Å². The van der Waals surface area contributed by atoms with Crippen LogP contribution in [-0.2, 0) is 16.7 Å². The fraction of sp³-hybridized carbons (Fsp3) is 0.478. The zero-order valence-electron chi connectivity index (χ0n) is 18.1. The highest BCUT2D eigenvalue weighted by molar-refractivity contribution is 5.80. The lowest BCUT2D eigenvalue weighted by molar-refractivity contribution is 0.122. The number of benzene rings is 1. The number of aromatic nitrogens is 1. The molecule has 1 aromatic heterocycles. The number of hydrogen-bond acceptors (Lipinski definition) is 4. The predicted molar refractivity (Wildman–Crippen MR) is 120 cm³/mol. The van der Waals surface area contributed by atoms with Gasteiger partial charge in [0.1, 0.15) is 11.6 Å². The highest BCUT2D eigenvalue weighted by Gasteiger charge is 2.21. The van der Waals surface area contributed by atoms with E-state index in [1.54, 1.807) is 12.1 Å². The SMILES string of the molecule is CCNC(=NCc1cccnc1N1CCOCC1)NCC(C)(C)c1cccc(F)c1. The molecule has 2 N–H and O–H groups in total. The van der Waals surface area contributed by atoms with Crippen molar-refractivity contribution in [2.75, 3.05) is 44.3 Å². The quantitative estimate of drug-likeness (QED) is 0.540. The standard InChI is InChI=1S/C23H32FN5O/c1-4-25-22(28-17-23(2,3)19-8-5-9-20(24)15-19)27-16-18-7-6-10-26-21(18)29-11-13-30-14-12-29/h5-10,15H,4,11-14,16-17H2,1-3H3,(H2,25,27,28). The highest BCUT2D eigenvalue weighted by atomic mass is 19.1. The third-order valence-electron chi connectivity index (χ3n) is 5.23. The zero-order valence-corrected chi connectivity index (χ0v) is 18.1. The molecule has 162 valence electrons. The minimum Gasteiger partial charge on any atom is -0.378 e. The lowest BCUT2D eigenvalue weighted by atomic mass is 9.84. The number of aliphatic imine (C=N–C) groups is 1. The number of rotatable bonds is 7. The molecule has 0 aliphatic carbocycles. The Hall–Kier alpha value is -2.67. The maximum absolute atomic E-state index is 13.6. The van der Waals surface area contributed by atoms with Crippen molar-refractivity contribution in [1.82, 2.24) is 15.6 Å². The van der Waals surface area contributed by atoms with Crippen molar-refractivity contribution in [3.63, 3.8) is 0 Å². The fourth-order valence-corrected chi connectivity index (χ4v) is 3.44. The molecule has 0 saturated carbocycles. The minimum absolute atomic E-state index is 0.214. The summed E-state index contributed by atoms with van der Waals surface area (Å²) in [6, 6.07) is 10.8. The molecule has 1 saturated heterocycles. The van der Waals surface area contributed by atoms with Crippen molar-refractivity contribution in [2.24, 2.45) is 4.99 Å². The second-order valence-corrected chi connectivity index (χ2v) is 8.03. The lowest BCUT2D eigenvalue weighted by Crippen LogP contribution is -2.43. The Balaban J connectivity index is 1.69. The molecule has 0 radical (unpaired) electrons. The Kier molecular flexibility index (Phi) is 7.63. The number of guanidine groups is 1. The number of nitrogens with zero attached hydrogens (tertiary/aromatic N) is 3. The third-order valence-corrected chi connectivity index (χ3v) is 5.23. The van der Waals surface area contributed by atoms with Crippen LogP contribution in [0.3, 0.4) is 0 Å². The normalized spacial score (nSPS) is 15.2. The molecule has 1 aromatic carbocycles. The Morgan fingerprint density at radius 2 is 2.00 bits per heavy atom. The first kappa shape index (κ1) is 22.0. The Morgan fingerprint density at radius 1 is 1.20 bits per heavy atom. The number of halogens is 1. The topological polar surface area (TPSA) is 61.8 Å². The van der Waals surface area contributed by atoms with E-state index in [0.29, 0.717) is 13.1 Å². The van der Waals surface area contributed by atoms with Crippen molar-refractivity contribution in [2.45, 2.75) is 32.7 Å². The van der Waals surface area contributed by atoms with Crippen LogP contribution in [0, 0.1) is 5.82 Å². The molecule has 0 amide bonds. The van der Waals surface area contributed by atoms with E-state index in [9.17, 15) is 4.39 Å². The van der Waals surface area contributed by atoms with Gasteiger partial charge >= 0.3 is 0 Å². The van der Waals surface area contributed by atoms with E-state index >= 15 is 0 Å². The molecule has 2 aromatic rings. The van der Waals surface area contributed by atoms with Gasteiger partial charge in [-0.15, -0.1) is 0 Å². The van der Waals surface area contributed by atoms with Gasteiger partial charge in [0.25, 0.3) is 0 Å². The van der Waals surface area contributed by atoms with E-state index in [-0.39, 0.29) is 11.2 Å². The smallest absolute Gasteiger partial charge is 0.191 e. The first-order valence-corrected chi connectivity index (χ1v) is 10.5. The molecule has 0 spiro atoms. The van der Waals surface area contributed by atoms with Crippen LogP contribution < -0.4 is 15.5 Å². The molecule has 6 nitrogen and oxygen atoms in total. The number of morpholine rings is 1. The first-order chi connectivity index (χ1) is 14.5. The van der Waals surface area contributed by atoms with E-state index in [4.69, 9.17) is 9.73 Å². The zero-order chi connectivity index (χ0) is 21.4. The molecule has 0 unspecified atom stereocenters. The number of hydrogen-bond donors (Lipinski definition) is 2. The third kappa shape index (κ3) is 5.92. The number of anilines is 1. The molecule has 0 bridgehead atoms. The summed E-state index contributed by atoms with van der Waals surface area (Å²) in [6.45, 7) is 11.3. The molecule has 30 heavy (non-hydrogen) atoms. The number of ether oxygens (including phenoxy) is 1. The van der Waals surface area contributed by atoms with Gasteiger partial charge in [0.15, 0.2) is 5.96 Å². The molecule has 2 heterocycles. The summed E-state index contributed by atoms with van der Waals surface area (Å²) >= 11 is 0. The summed E-state index contributed by atoms with van der Waals surface area (Å²) in [4.78, 5) is 11.6. The molecule has 1 fully saturated rings. The molecule has 7 heteroatoms. The van der Waals surface area contributed by atoms with Crippen LogP contribution in [0.15, 0.2) is 47.6 Å². The largest absolute Gasteiger partial charge is 0.378 e. The molecule has 3 rings (SSSR count). The van der Waals surface area contributed by atoms with Gasteiger partial charge in [-0.25, -0.2) is 14.4 Å². The van der Waals surface area contributed by atoms with Crippen LogP contribution in [0.25, 0.3) is 0 Å². The van der Waals surface area contributed by atoms with E-state index in [1.165, 1.54) is 6.07 Å². The monoisotopic (exact) mass is 413 g/mol. The van der Waals surface area contributed by atoms with Gasteiger partial charge in [-0.1, -0.05) is 32.0 Å². The van der Waals surface area contributed by atoms with Crippen LogP contribution >= 0.6 is 0 Å². The van der Waals surface area contributed by atoms with Gasteiger partial charge in [0.05, 0.1) is 19.8 Å². The second kappa shape index (κ2) is 10.4. The van der Waals surface area contributed by atoms with Gasteiger partial charge in [-0.05, 0) is 30.7 Å². The first-order valence-electron chi connectivity index (χ1n) is 10.5. The van der Waals surface area contributed by atoms with Crippen molar-refractivity contribution < 1.29 is 9.13 Å². The average molecular weight is 414 g/mol. The molecule has 1 aliphatic rings. The molecule has 1 aliphatic heterocycles. The van der Waals surface area contributed by atoms with Crippen LogP contribution in [0.2, 0.25) is 0 Å². The Morgan fingerprint density at radius 3 is 2.73 bits per heavy atom. The van der Waals surface area contributed by atoms with E-state index in [2.05, 4.69) is 40.4 Å². The minimum atomic E-state index is -0.244. The van der Waals surface area contributed by atoms with Gasteiger partial charge in [-0.2, -0.15) is 0 Å². The number of nitrogens with one attached hydrogen (secondary N) is 2. The Labute approximate surface area is 178 Å². The van der Waals surface area contributed by atoms with Gasteiger partial charge in [0.2, 0.25) is 0 Å².